The molecule has 0 radical (unpaired) electrons. The van der Waals surface area contributed by atoms with E-state index in [4.69, 9.17) is 20.0 Å². The first kappa shape index (κ1) is 31.9. The van der Waals surface area contributed by atoms with Crippen LogP contribution < -0.4 is 15.4 Å². The van der Waals surface area contributed by atoms with Crippen molar-refractivity contribution in [1.82, 2.24) is 5.06 Å². The highest BCUT2D eigenvalue weighted by molar-refractivity contribution is 7.99. The molecule has 0 spiro atoms. The van der Waals surface area contributed by atoms with E-state index in [-0.39, 0.29) is 18.1 Å². The lowest BCUT2D eigenvalue weighted by Gasteiger charge is -2.40. The second-order valence-electron chi connectivity index (χ2n) is 12.4. The van der Waals surface area contributed by atoms with Crippen LogP contribution in [0.3, 0.4) is 0 Å². The number of hydroxylamine groups is 2. The zero-order valence-electron chi connectivity index (χ0n) is 26.4. The van der Waals surface area contributed by atoms with Crippen molar-refractivity contribution < 1.29 is 19.1 Å². The van der Waals surface area contributed by atoms with Crippen LogP contribution in [0.25, 0.3) is 0 Å². The van der Waals surface area contributed by atoms with E-state index in [1.54, 1.807) is 11.8 Å². The van der Waals surface area contributed by atoms with Crippen molar-refractivity contribution in [3.63, 3.8) is 0 Å². The molecule has 8 heteroatoms. The quantitative estimate of drug-likeness (QED) is 0.201. The molecule has 6 rings (SSSR count). The fraction of sp³-hybridized carbons (Fsp3) is 0.486. The first-order valence-corrected chi connectivity index (χ1v) is 17.7. The summed E-state index contributed by atoms with van der Waals surface area (Å²) >= 11 is 1.81. The Morgan fingerprint density at radius 3 is 1.96 bits per heavy atom. The molecule has 240 valence electrons. The molecule has 2 fully saturated rings. The minimum atomic E-state index is -0.881. The third-order valence-corrected chi connectivity index (χ3v) is 10.5. The zero-order chi connectivity index (χ0) is 31.0. The van der Waals surface area contributed by atoms with Gasteiger partial charge in [-0.15, -0.1) is 5.06 Å². The number of fused-ring (bicyclic) bond motifs is 2. The van der Waals surface area contributed by atoms with E-state index in [0.29, 0.717) is 19.8 Å². The fourth-order valence-corrected chi connectivity index (χ4v) is 8.11. The van der Waals surface area contributed by atoms with Crippen LogP contribution in [-0.4, -0.2) is 49.0 Å². The molecule has 1 aliphatic heterocycles. The van der Waals surface area contributed by atoms with Crippen molar-refractivity contribution in [3.8, 4) is 5.75 Å². The van der Waals surface area contributed by atoms with Gasteiger partial charge in [0, 0.05) is 28.5 Å². The van der Waals surface area contributed by atoms with Crippen molar-refractivity contribution in [2.45, 2.75) is 105 Å². The number of para-hydroxylation sites is 2. The highest BCUT2D eigenvalue weighted by atomic mass is 32.2. The molecule has 2 aliphatic carbocycles. The van der Waals surface area contributed by atoms with Gasteiger partial charge in [-0.1, -0.05) is 86.7 Å². The van der Waals surface area contributed by atoms with Crippen molar-refractivity contribution >= 4 is 29.1 Å². The van der Waals surface area contributed by atoms with Gasteiger partial charge in [0.2, 0.25) is 0 Å². The lowest BCUT2D eigenvalue weighted by Crippen LogP contribution is -2.49. The summed E-state index contributed by atoms with van der Waals surface area (Å²) in [7, 11) is 0. The van der Waals surface area contributed by atoms with Gasteiger partial charge >= 0.3 is 5.97 Å². The SMILES string of the molecule is CCOC(C(=O)ON(C1CCCCC1)C1CCCCC1)C(N)c1ccc(OCCN2c3ccccc3Sc3ccccc32)cc1. The normalized spacial score (nSPS) is 18.6. The van der Waals surface area contributed by atoms with E-state index in [9.17, 15) is 4.79 Å². The van der Waals surface area contributed by atoms with Gasteiger partial charge in [0.1, 0.15) is 12.4 Å². The smallest absolute Gasteiger partial charge is 0.356 e. The summed E-state index contributed by atoms with van der Waals surface area (Å²) in [6.45, 7) is 3.50. The molecule has 2 saturated carbocycles. The van der Waals surface area contributed by atoms with Gasteiger partial charge in [-0.25, -0.2) is 4.79 Å². The largest absolute Gasteiger partial charge is 0.492 e. The number of hydrogen-bond acceptors (Lipinski definition) is 8. The van der Waals surface area contributed by atoms with Crippen LogP contribution in [0.15, 0.2) is 82.6 Å². The van der Waals surface area contributed by atoms with E-state index < -0.39 is 12.1 Å². The fourth-order valence-electron chi connectivity index (χ4n) is 7.01. The van der Waals surface area contributed by atoms with Gasteiger partial charge in [0.05, 0.1) is 24.0 Å². The van der Waals surface area contributed by atoms with Crippen molar-refractivity contribution in [2.75, 3.05) is 24.7 Å². The molecule has 0 amide bonds. The van der Waals surface area contributed by atoms with Crippen LogP contribution in [-0.2, 0) is 14.4 Å². The Labute approximate surface area is 272 Å². The zero-order valence-corrected chi connectivity index (χ0v) is 27.3. The summed E-state index contributed by atoms with van der Waals surface area (Å²) < 4.78 is 12.1. The number of nitrogens with zero attached hydrogens (tertiary/aromatic N) is 2. The molecular weight excluding hydrogens is 582 g/mol. The molecule has 0 saturated heterocycles. The summed E-state index contributed by atoms with van der Waals surface area (Å²) in [6, 6.07) is 24.6. The van der Waals surface area contributed by atoms with Crippen LogP contribution >= 0.6 is 11.8 Å². The number of anilines is 2. The van der Waals surface area contributed by atoms with Gasteiger partial charge in [-0.3, -0.25) is 0 Å². The Morgan fingerprint density at radius 2 is 1.40 bits per heavy atom. The summed E-state index contributed by atoms with van der Waals surface area (Å²) in [6.07, 6.45) is 10.7. The van der Waals surface area contributed by atoms with Gasteiger partial charge in [0.25, 0.3) is 0 Å². The number of rotatable bonds is 12. The lowest BCUT2D eigenvalue weighted by atomic mass is 9.90. The maximum absolute atomic E-state index is 13.7. The Hall–Kier alpha value is -3.04. The average molecular weight is 630 g/mol. The Morgan fingerprint density at radius 1 is 0.844 bits per heavy atom. The van der Waals surface area contributed by atoms with Crippen molar-refractivity contribution in [3.05, 3.63) is 78.4 Å². The molecule has 0 aromatic heterocycles. The molecule has 2 atom stereocenters. The number of carbonyl (C=O) groups is 1. The second-order valence-corrected chi connectivity index (χ2v) is 13.4. The maximum atomic E-state index is 13.7. The number of nitrogens with two attached hydrogens (primary N) is 1. The average Bonchev–Trinajstić information content (AvgIpc) is 3.10. The first-order valence-electron chi connectivity index (χ1n) is 16.9. The third kappa shape index (κ3) is 7.68. The molecule has 3 aromatic rings. The predicted octanol–water partition coefficient (Wildman–Crippen LogP) is 8.20. The third-order valence-electron chi connectivity index (χ3n) is 9.35. The highest BCUT2D eigenvalue weighted by Crippen LogP contribution is 2.47. The molecule has 0 bridgehead atoms. The Kier molecular flexibility index (Phi) is 11.0. The summed E-state index contributed by atoms with van der Waals surface area (Å²) in [5, 5.41) is 2.05. The standard InChI is InChI=1S/C37H47N3O4S/c1-2-42-36(37(41)44-40(28-13-5-3-6-14-28)29-15-7-4-8-16-29)35(38)27-21-23-30(24-22-27)43-26-25-39-31-17-9-11-19-33(31)45-34-20-12-10-18-32(34)39/h9-12,17-24,28-29,35-36H,2-8,13-16,25-26,38H2,1H3. The molecule has 7 nitrogen and oxygen atoms in total. The van der Waals surface area contributed by atoms with Gasteiger partial charge in [-0.05, 0) is 74.6 Å². The van der Waals surface area contributed by atoms with E-state index in [0.717, 1.165) is 37.0 Å². The van der Waals surface area contributed by atoms with E-state index >= 15 is 0 Å². The number of ether oxygens (including phenoxy) is 2. The summed E-state index contributed by atoms with van der Waals surface area (Å²) in [5.74, 6) is 0.372. The minimum absolute atomic E-state index is 0.284. The summed E-state index contributed by atoms with van der Waals surface area (Å²) in [4.78, 5) is 24.7. The highest BCUT2D eigenvalue weighted by Gasteiger charge is 2.36. The molecule has 3 aromatic carbocycles. The Bertz CT molecular complexity index is 1330. The van der Waals surface area contributed by atoms with Gasteiger partial charge < -0.3 is 24.9 Å². The van der Waals surface area contributed by atoms with E-state index in [2.05, 4.69) is 53.4 Å². The Balaban J connectivity index is 1.09. The van der Waals surface area contributed by atoms with Gasteiger partial charge in [0.15, 0.2) is 6.10 Å². The summed E-state index contributed by atoms with van der Waals surface area (Å²) in [5.41, 5.74) is 9.92. The molecule has 45 heavy (non-hydrogen) atoms. The monoisotopic (exact) mass is 629 g/mol. The molecular formula is C37H47N3O4S. The maximum Gasteiger partial charge on any atom is 0.356 e. The van der Waals surface area contributed by atoms with E-state index in [1.165, 1.54) is 59.7 Å². The van der Waals surface area contributed by atoms with Crippen LogP contribution in [0, 0.1) is 0 Å². The van der Waals surface area contributed by atoms with Crippen LogP contribution in [0.4, 0.5) is 11.4 Å². The lowest BCUT2D eigenvalue weighted by molar-refractivity contribution is -0.233. The van der Waals surface area contributed by atoms with E-state index in [1.807, 2.05) is 36.3 Å². The number of carbonyl (C=O) groups excluding carboxylic acids is 1. The molecule has 1 heterocycles. The molecule has 2 N–H and O–H groups in total. The topological polar surface area (TPSA) is 77.3 Å². The number of hydrogen-bond donors (Lipinski definition) is 1. The first-order chi connectivity index (χ1) is 22.1. The van der Waals surface area contributed by atoms with Crippen molar-refractivity contribution in [2.24, 2.45) is 5.73 Å². The van der Waals surface area contributed by atoms with Crippen molar-refractivity contribution in [1.29, 1.82) is 0 Å². The minimum Gasteiger partial charge on any atom is -0.492 e. The number of benzene rings is 3. The van der Waals surface area contributed by atoms with Crippen LogP contribution in [0.2, 0.25) is 0 Å². The second kappa shape index (κ2) is 15.5. The predicted molar refractivity (Wildman–Crippen MR) is 180 cm³/mol. The van der Waals surface area contributed by atoms with Crippen LogP contribution in [0.1, 0.15) is 82.7 Å². The van der Waals surface area contributed by atoms with Crippen LogP contribution in [0.5, 0.6) is 5.75 Å². The molecule has 3 aliphatic rings. The van der Waals surface area contributed by atoms with Gasteiger partial charge in [-0.2, -0.15) is 0 Å². The molecule has 2 unspecified atom stereocenters.